The molecule has 1 amide bonds. The summed E-state index contributed by atoms with van der Waals surface area (Å²) in [5.74, 6) is -0.0140. The lowest BCUT2D eigenvalue weighted by Crippen LogP contribution is -2.48. The van der Waals surface area contributed by atoms with Gasteiger partial charge in [-0.25, -0.2) is 0 Å². The van der Waals surface area contributed by atoms with E-state index < -0.39 is 6.29 Å². The van der Waals surface area contributed by atoms with Gasteiger partial charge in [0.05, 0.1) is 18.8 Å². The van der Waals surface area contributed by atoms with Crippen molar-refractivity contribution >= 4 is 11.6 Å². The molecule has 7 nitrogen and oxygen atoms in total. The molecule has 2 N–H and O–H groups in total. The van der Waals surface area contributed by atoms with Crippen molar-refractivity contribution in [2.45, 2.75) is 63.8 Å². The maximum atomic E-state index is 12.8. The summed E-state index contributed by atoms with van der Waals surface area (Å²) >= 11 is 0. The van der Waals surface area contributed by atoms with Crippen LogP contribution in [0.15, 0.2) is 78.9 Å². The van der Waals surface area contributed by atoms with Gasteiger partial charge in [0.1, 0.15) is 0 Å². The molecule has 3 aliphatic rings. The minimum atomic E-state index is -0.568. The van der Waals surface area contributed by atoms with Crippen molar-refractivity contribution in [2.75, 3.05) is 38.0 Å². The second-order valence-corrected chi connectivity index (χ2v) is 12.1. The van der Waals surface area contributed by atoms with Gasteiger partial charge >= 0.3 is 0 Å². The molecule has 3 saturated heterocycles. The van der Waals surface area contributed by atoms with E-state index in [-0.39, 0.29) is 30.6 Å². The van der Waals surface area contributed by atoms with E-state index >= 15 is 0 Å². The Balaban J connectivity index is 1.23. The lowest BCUT2D eigenvalue weighted by Gasteiger charge is -2.43. The van der Waals surface area contributed by atoms with Gasteiger partial charge in [-0.2, -0.15) is 0 Å². The summed E-state index contributed by atoms with van der Waals surface area (Å²) in [5, 5.41) is 12.6. The molecule has 0 radical (unpaired) electrons. The predicted molar refractivity (Wildman–Crippen MR) is 164 cm³/mol. The first-order chi connectivity index (χ1) is 20.6. The maximum absolute atomic E-state index is 12.8. The SMILES string of the molecule is C[C@@H]1[C@H](CN2CCC[C@H]2CN2CCCC2)O[C@H](c2cccc(NC(=O)c3ccccc3)c2)O[C@@H]1c1ccc(CO)cc1. The molecule has 6 rings (SSSR count). The van der Waals surface area contributed by atoms with Gasteiger partial charge in [0.15, 0.2) is 6.29 Å². The van der Waals surface area contributed by atoms with Crippen LogP contribution in [-0.2, 0) is 16.1 Å². The molecule has 3 aromatic carbocycles. The molecule has 42 heavy (non-hydrogen) atoms. The number of nitrogens with one attached hydrogen (secondary N) is 1. The molecule has 222 valence electrons. The number of likely N-dealkylation sites (tertiary alicyclic amines) is 2. The average Bonchev–Trinajstić information content (AvgIpc) is 3.71. The number of ether oxygens (including phenoxy) is 2. The third-order valence-electron chi connectivity index (χ3n) is 9.16. The van der Waals surface area contributed by atoms with Crippen molar-refractivity contribution in [3.63, 3.8) is 0 Å². The van der Waals surface area contributed by atoms with Crippen LogP contribution in [0.4, 0.5) is 5.69 Å². The normalized spacial score (nSPS) is 26.9. The first-order valence-electron chi connectivity index (χ1n) is 15.5. The highest BCUT2D eigenvalue weighted by Gasteiger charge is 2.41. The molecular weight excluding hydrogens is 526 g/mol. The fourth-order valence-electron chi connectivity index (χ4n) is 6.72. The van der Waals surface area contributed by atoms with Gasteiger partial charge < -0.3 is 24.8 Å². The number of anilines is 1. The van der Waals surface area contributed by atoms with Gasteiger partial charge in [0.25, 0.3) is 5.91 Å². The summed E-state index contributed by atoms with van der Waals surface area (Å²) in [4.78, 5) is 18.1. The smallest absolute Gasteiger partial charge is 0.255 e. The Hall–Kier alpha value is -3.07. The van der Waals surface area contributed by atoms with E-state index in [0.717, 1.165) is 36.3 Å². The molecule has 3 aliphatic heterocycles. The maximum Gasteiger partial charge on any atom is 0.255 e. The van der Waals surface area contributed by atoms with Gasteiger partial charge in [0, 0.05) is 41.9 Å². The third kappa shape index (κ3) is 6.77. The van der Waals surface area contributed by atoms with Gasteiger partial charge in [0.2, 0.25) is 0 Å². The lowest BCUT2D eigenvalue weighted by atomic mass is 9.90. The van der Waals surface area contributed by atoms with Crippen molar-refractivity contribution in [1.82, 2.24) is 9.80 Å². The number of nitrogens with zero attached hydrogens (tertiary/aromatic N) is 2. The van der Waals surface area contributed by atoms with Crippen LogP contribution in [0.25, 0.3) is 0 Å². The van der Waals surface area contributed by atoms with Crippen molar-refractivity contribution in [1.29, 1.82) is 0 Å². The lowest BCUT2D eigenvalue weighted by molar-refractivity contribution is -0.276. The Morgan fingerprint density at radius 1 is 0.881 bits per heavy atom. The number of aliphatic hydroxyl groups is 1. The molecule has 0 bridgehead atoms. The monoisotopic (exact) mass is 569 g/mol. The highest BCUT2D eigenvalue weighted by Crippen LogP contribution is 2.42. The summed E-state index contributed by atoms with van der Waals surface area (Å²) < 4.78 is 13.5. The van der Waals surface area contributed by atoms with Crippen molar-refractivity contribution in [3.05, 3.63) is 101 Å². The zero-order chi connectivity index (χ0) is 28.9. The molecule has 0 saturated carbocycles. The minimum absolute atomic E-state index is 0.0184. The number of amides is 1. The summed E-state index contributed by atoms with van der Waals surface area (Å²) in [6, 6.07) is 25.7. The number of aliphatic hydroxyl groups excluding tert-OH is 1. The molecule has 0 aliphatic carbocycles. The first kappa shape index (κ1) is 29.0. The third-order valence-corrected chi connectivity index (χ3v) is 9.16. The quantitative estimate of drug-likeness (QED) is 0.340. The Labute approximate surface area is 249 Å². The van der Waals surface area contributed by atoms with Crippen LogP contribution in [0, 0.1) is 5.92 Å². The van der Waals surface area contributed by atoms with Gasteiger partial charge in [-0.15, -0.1) is 0 Å². The Bertz CT molecular complexity index is 1310. The van der Waals surface area contributed by atoms with Crippen LogP contribution < -0.4 is 5.32 Å². The zero-order valence-electron chi connectivity index (χ0n) is 24.5. The van der Waals surface area contributed by atoms with E-state index in [4.69, 9.17) is 9.47 Å². The van der Waals surface area contributed by atoms with Crippen molar-refractivity contribution in [2.24, 2.45) is 5.92 Å². The Morgan fingerprint density at radius 2 is 1.67 bits per heavy atom. The summed E-state index contributed by atoms with van der Waals surface area (Å²) in [6.07, 6.45) is 4.35. The van der Waals surface area contributed by atoms with Crippen molar-refractivity contribution in [3.8, 4) is 0 Å². The fourth-order valence-corrected chi connectivity index (χ4v) is 6.72. The summed E-state index contributed by atoms with van der Waals surface area (Å²) in [6.45, 7) is 7.82. The molecular formula is C35H43N3O4. The zero-order valence-corrected chi connectivity index (χ0v) is 24.5. The van der Waals surface area contributed by atoms with Crippen LogP contribution in [0.5, 0.6) is 0 Å². The van der Waals surface area contributed by atoms with E-state index in [1.54, 1.807) is 12.1 Å². The largest absolute Gasteiger partial charge is 0.392 e. The topological polar surface area (TPSA) is 74.3 Å². The average molecular weight is 570 g/mol. The highest BCUT2D eigenvalue weighted by molar-refractivity contribution is 6.04. The van der Waals surface area contributed by atoms with Crippen LogP contribution in [0.3, 0.4) is 0 Å². The van der Waals surface area contributed by atoms with Gasteiger partial charge in [-0.3, -0.25) is 9.69 Å². The second kappa shape index (κ2) is 13.5. The van der Waals surface area contributed by atoms with Crippen LogP contribution in [-0.4, -0.2) is 65.7 Å². The second-order valence-electron chi connectivity index (χ2n) is 12.1. The summed E-state index contributed by atoms with van der Waals surface area (Å²) in [5.41, 5.74) is 4.17. The van der Waals surface area contributed by atoms with E-state index in [1.807, 2.05) is 54.6 Å². The predicted octanol–water partition coefficient (Wildman–Crippen LogP) is 5.78. The van der Waals surface area contributed by atoms with E-state index in [9.17, 15) is 9.90 Å². The number of carbonyl (C=O) groups excluding carboxylic acids is 1. The molecule has 3 heterocycles. The van der Waals surface area contributed by atoms with Crippen LogP contribution in [0.2, 0.25) is 0 Å². The molecule has 3 fully saturated rings. The molecule has 0 spiro atoms. The fraction of sp³-hybridized carbons (Fsp3) is 0.457. The van der Waals surface area contributed by atoms with E-state index in [1.165, 1.54) is 38.8 Å². The summed E-state index contributed by atoms with van der Waals surface area (Å²) in [7, 11) is 0. The highest BCUT2D eigenvalue weighted by atomic mass is 16.7. The molecule has 0 unspecified atom stereocenters. The van der Waals surface area contributed by atoms with E-state index in [2.05, 4.69) is 34.2 Å². The number of hydrogen-bond acceptors (Lipinski definition) is 6. The van der Waals surface area contributed by atoms with Crippen LogP contribution in [0.1, 0.15) is 72.0 Å². The number of hydrogen-bond donors (Lipinski definition) is 2. The standard InChI is InChI=1S/C35H43N3O4/c1-25-32(23-38-20-8-13-31(38)22-37-18-5-6-19-37)41-35(42-33(25)27-16-14-26(24-39)15-17-27)29-11-7-12-30(21-29)36-34(40)28-9-3-2-4-10-28/h2-4,7,9-12,14-17,21,25,31-33,35,39H,5-6,8,13,18-20,22-24H2,1H3,(H,36,40)/t25-,31+,32+,33+,35+/m1/s1. The van der Waals surface area contributed by atoms with E-state index in [0.29, 0.717) is 17.3 Å². The van der Waals surface area contributed by atoms with Gasteiger partial charge in [-0.1, -0.05) is 61.5 Å². The molecule has 3 aromatic rings. The molecule has 5 atom stereocenters. The van der Waals surface area contributed by atoms with Gasteiger partial charge in [-0.05, 0) is 80.7 Å². The molecule has 0 aromatic heterocycles. The minimum Gasteiger partial charge on any atom is -0.392 e. The van der Waals surface area contributed by atoms with Crippen LogP contribution >= 0.6 is 0 Å². The molecule has 7 heteroatoms. The number of carbonyl (C=O) groups is 1. The first-order valence-corrected chi connectivity index (χ1v) is 15.5. The Morgan fingerprint density at radius 3 is 2.43 bits per heavy atom. The number of benzene rings is 3. The Kier molecular flexibility index (Phi) is 9.32. The number of rotatable bonds is 9. The van der Waals surface area contributed by atoms with Crippen molar-refractivity contribution < 1.29 is 19.4 Å².